The second-order valence-corrected chi connectivity index (χ2v) is 7.66. The van der Waals surface area contributed by atoms with Crippen LogP contribution in [-0.4, -0.2) is 43.7 Å². The number of aryl methyl sites for hydroxylation is 1. The van der Waals surface area contributed by atoms with E-state index >= 15 is 0 Å². The van der Waals surface area contributed by atoms with Crippen LogP contribution in [0.15, 0.2) is 12.1 Å². The summed E-state index contributed by atoms with van der Waals surface area (Å²) in [5.41, 5.74) is 0.409. The smallest absolute Gasteiger partial charge is 0.290 e. The molecule has 23 heavy (non-hydrogen) atoms. The van der Waals surface area contributed by atoms with Gasteiger partial charge in [-0.1, -0.05) is 0 Å². The van der Waals surface area contributed by atoms with Crippen molar-refractivity contribution in [3.8, 4) is 0 Å². The molecule has 0 saturated carbocycles. The molecule has 1 saturated heterocycles. The number of nitrogens with zero attached hydrogens (tertiary/aromatic N) is 3. The van der Waals surface area contributed by atoms with E-state index in [9.17, 15) is 18.5 Å². The van der Waals surface area contributed by atoms with Crippen molar-refractivity contribution in [3.63, 3.8) is 0 Å². The molecule has 1 aromatic heterocycles. The third-order valence-electron chi connectivity index (χ3n) is 4.00. The van der Waals surface area contributed by atoms with Crippen molar-refractivity contribution in [3.05, 3.63) is 27.9 Å². The average Bonchev–Trinajstić information content (AvgIpc) is 2.46. The molecule has 1 atom stereocenters. The number of sulfonamides is 1. The molecule has 2 heterocycles. The van der Waals surface area contributed by atoms with Crippen LogP contribution in [0.2, 0.25) is 0 Å². The van der Waals surface area contributed by atoms with Crippen LogP contribution in [-0.2, 0) is 10.0 Å². The topological polar surface area (TPSA) is 105 Å². The van der Waals surface area contributed by atoms with Crippen LogP contribution in [0, 0.1) is 17.0 Å². The summed E-state index contributed by atoms with van der Waals surface area (Å²) in [5, 5.41) is 10.9. The quantitative estimate of drug-likeness (QED) is 0.622. The van der Waals surface area contributed by atoms with E-state index in [1.807, 2.05) is 0 Å². The number of piperidine rings is 1. The molecule has 0 aromatic carbocycles. The first-order chi connectivity index (χ1) is 10.8. The molecule has 1 unspecified atom stereocenters. The number of nitro groups is 1. The molecule has 9 heteroatoms. The molecular formula is C14H22N4O4S. The zero-order valence-corrected chi connectivity index (χ0v) is 14.2. The molecule has 2 rings (SSSR count). The van der Waals surface area contributed by atoms with Crippen LogP contribution >= 0.6 is 0 Å². The van der Waals surface area contributed by atoms with E-state index in [0.717, 1.165) is 37.9 Å². The largest absolute Gasteiger partial charge is 0.354 e. The van der Waals surface area contributed by atoms with Gasteiger partial charge in [-0.3, -0.25) is 10.1 Å². The highest BCUT2D eigenvalue weighted by molar-refractivity contribution is 7.88. The lowest BCUT2D eigenvalue weighted by molar-refractivity contribution is -0.385. The maximum atomic E-state index is 11.2. The van der Waals surface area contributed by atoms with Crippen LogP contribution in [0.1, 0.15) is 31.4 Å². The van der Waals surface area contributed by atoms with Crippen molar-refractivity contribution < 1.29 is 13.3 Å². The van der Waals surface area contributed by atoms with Gasteiger partial charge in [-0.2, -0.15) is 0 Å². The van der Waals surface area contributed by atoms with E-state index in [-0.39, 0.29) is 11.7 Å². The Labute approximate surface area is 136 Å². The van der Waals surface area contributed by atoms with E-state index in [4.69, 9.17) is 0 Å². The lowest BCUT2D eigenvalue weighted by Gasteiger charge is -2.37. The number of hydrogen-bond donors (Lipinski definition) is 1. The summed E-state index contributed by atoms with van der Waals surface area (Å²) in [6, 6.07) is 3.34. The van der Waals surface area contributed by atoms with Crippen molar-refractivity contribution in [2.75, 3.05) is 24.2 Å². The van der Waals surface area contributed by atoms with Crippen molar-refractivity contribution in [1.29, 1.82) is 0 Å². The molecule has 0 amide bonds. The van der Waals surface area contributed by atoms with E-state index in [2.05, 4.69) is 14.6 Å². The van der Waals surface area contributed by atoms with Crippen LogP contribution in [0.25, 0.3) is 0 Å². The fourth-order valence-corrected chi connectivity index (χ4v) is 3.40. The zero-order chi connectivity index (χ0) is 17.0. The second kappa shape index (κ2) is 7.22. The normalized spacial score (nSPS) is 18.9. The number of aromatic nitrogens is 1. The fraction of sp³-hybridized carbons (Fsp3) is 0.643. The van der Waals surface area contributed by atoms with Gasteiger partial charge in [0.25, 0.3) is 5.69 Å². The summed E-state index contributed by atoms with van der Waals surface area (Å²) in [6.45, 7) is 2.84. The summed E-state index contributed by atoms with van der Waals surface area (Å²) < 4.78 is 24.9. The molecule has 0 radical (unpaired) electrons. The third-order valence-corrected chi connectivity index (χ3v) is 4.73. The molecular weight excluding hydrogens is 320 g/mol. The van der Waals surface area contributed by atoms with E-state index in [1.54, 1.807) is 13.0 Å². The maximum Gasteiger partial charge on any atom is 0.290 e. The number of anilines is 1. The van der Waals surface area contributed by atoms with Gasteiger partial charge >= 0.3 is 0 Å². The number of rotatable bonds is 6. The minimum absolute atomic E-state index is 0.0149. The van der Waals surface area contributed by atoms with Gasteiger partial charge in [0.1, 0.15) is 11.5 Å². The van der Waals surface area contributed by atoms with Gasteiger partial charge in [0.2, 0.25) is 10.0 Å². The zero-order valence-electron chi connectivity index (χ0n) is 13.4. The predicted molar refractivity (Wildman–Crippen MR) is 88.1 cm³/mol. The maximum absolute atomic E-state index is 11.2. The molecule has 128 valence electrons. The first kappa shape index (κ1) is 17.6. The molecule has 1 aliphatic heterocycles. The summed E-state index contributed by atoms with van der Waals surface area (Å²) in [7, 11) is -3.19. The van der Waals surface area contributed by atoms with Gasteiger partial charge in [0.05, 0.1) is 11.2 Å². The van der Waals surface area contributed by atoms with E-state index in [0.29, 0.717) is 18.7 Å². The molecule has 8 nitrogen and oxygen atoms in total. The Balaban J connectivity index is 2.11. The number of nitrogens with one attached hydrogen (secondary N) is 1. The molecule has 0 spiro atoms. The highest BCUT2D eigenvalue weighted by atomic mass is 32.2. The van der Waals surface area contributed by atoms with Crippen molar-refractivity contribution >= 4 is 21.5 Å². The number of hydrogen-bond acceptors (Lipinski definition) is 6. The van der Waals surface area contributed by atoms with Crippen LogP contribution < -0.4 is 9.62 Å². The molecule has 1 N–H and O–H groups in total. The summed E-state index contributed by atoms with van der Waals surface area (Å²) in [4.78, 5) is 17.0. The predicted octanol–water partition coefficient (Wildman–Crippen LogP) is 1.60. The highest BCUT2D eigenvalue weighted by Gasteiger charge is 2.25. The Hall–Kier alpha value is -1.74. The standard InChI is InChI=1S/C14H22N4O4S/c1-11-13(18(19)20)6-7-14(16-11)17-10-4-3-5-12(17)8-9-15-23(2,21)22/h6-7,12,15H,3-5,8-10H2,1-2H3. The van der Waals surface area contributed by atoms with E-state index < -0.39 is 14.9 Å². The van der Waals surface area contributed by atoms with Crippen LogP contribution in [0.3, 0.4) is 0 Å². The van der Waals surface area contributed by atoms with Gasteiger partial charge in [0.15, 0.2) is 0 Å². The Morgan fingerprint density at radius 1 is 1.43 bits per heavy atom. The summed E-state index contributed by atoms with van der Waals surface area (Å²) >= 11 is 0. The van der Waals surface area contributed by atoms with Crippen LogP contribution in [0.5, 0.6) is 0 Å². The van der Waals surface area contributed by atoms with Gasteiger partial charge in [-0.15, -0.1) is 0 Å². The average molecular weight is 342 g/mol. The first-order valence-electron chi connectivity index (χ1n) is 7.61. The summed E-state index contributed by atoms with van der Waals surface area (Å²) in [5.74, 6) is 0.720. The molecule has 1 aromatic rings. The minimum atomic E-state index is -3.19. The van der Waals surface area contributed by atoms with Gasteiger partial charge in [-0.25, -0.2) is 18.1 Å². The van der Waals surface area contributed by atoms with Crippen molar-refractivity contribution in [1.82, 2.24) is 9.71 Å². The van der Waals surface area contributed by atoms with Crippen molar-refractivity contribution in [2.24, 2.45) is 0 Å². The first-order valence-corrected chi connectivity index (χ1v) is 9.50. The van der Waals surface area contributed by atoms with Gasteiger partial charge < -0.3 is 4.90 Å². The lowest BCUT2D eigenvalue weighted by atomic mass is 9.99. The Kier molecular flexibility index (Phi) is 5.53. The lowest BCUT2D eigenvalue weighted by Crippen LogP contribution is -2.42. The highest BCUT2D eigenvalue weighted by Crippen LogP contribution is 2.27. The molecule has 1 aliphatic rings. The van der Waals surface area contributed by atoms with Crippen LogP contribution in [0.4, 0.5) is 11.5 Å². The van der Waals surface area contributed by atoms with Crippen molar-refractivity contribution in [2.45, 2.75) is 38.6 Å². The van der Waals surface area contributed by atoms with Gasteiger partial charge in [0, 0.05) is 25.2 Å². The third kappa shape index (κ3) is 4.87. The monoisotopic (exact) mass is 342 g/mol. The molecule has 0 bridgehead atoms. The molecule has 0 aliphatic carbocycles. The SMILES string of the molecule is Cc1nc(N2CCCCC2CCNS(C)(=O)=O)ccc1[N+](=O)[O-]. The Morgan fingerprint density at radius 2 is 2.17 bits per heavy atom. The number of pyridine rings is 1. The van der Waals surface area contributed by atoms with Gasteiger partial charge in [-0.05, 0) is 38.7 Å². The second-order valence-electron chi connectivity index (χ2n) is 5.83. The van der Waals surface area contributed by atoms with E-state index in [1.165, 1.54) is 6.07 Å². The minimum Gasteiger partial charge on any atom is -0.354 e. The Bertz CT molecular complexity index is 677. The summed E-state index contributed by atoms with van der Waals surface area (Å²) in [6.07, 6.45) is 4.92. The Morgan fingerprint density at radius 3 is 2.78 bits per heavy atom. The fourth-order valence-electron chi connectivity index (χ4n) is 2.91. The molecule has 1 fully saturated rings.